The van der Waals surface area contributed by atoms with Gasteiger partial charge in [0.25, 0.3) is 9.05 Å². The SMILES string of the molecule is Cc1ncc([N+](=O)[O-])c(OC(F)(F)F)c1S(=O)(=O)Cl. The van der Waals surface area contributed by atoms with Crippen molar-refractivity contribution in [3.8, 4) is 5.75 Å². The van der Waals surface area contributed by atoms with E-state index in [0.717, 1.165) is 6.92 Å². The number of nitrogens with zero attached hydrogens (tertiary/aromatic N) is 2. The molecule has 0 bridgehead atoms. The van der Waals surface area contributed by atoms with Crippen molar-refractivity contribution in [2.75, 3.05) is 0 Å². The Balaban J connectivity index is 3.70. The van der Waals surface area contributed by atoms with Crippen LogP contribution in [0, 0.1) is 17.0 Å². The molecular weight excluding hydrogens is 317 g/mol. The van der Waals surface area contributed by atoms with Crippen LogP contribution in [-0.4, -0.2) is 24.7 Å². The van der Waals surface area contributed by atoms with Crippen LogP contribution >= 0.6 is 10.7 Å². The van der Waals surface area contributed by atoms with Crippen LogP contribution in [0.25, 0.3) is 0 Å². The highest BCUT2D eigenvalue weighted by Crippen LogP contribution is 2.39. The van der Waals surface area contributed by atoms with E-state index in [1.54, 1.807) is 0 Å². The first kappa shape index (κ1) is 15.4. The molecule has 1 rings (SSSR count). The molecule has 0 aromatic carbocycles. The molecular formula is C7H4ClF3N2O5S. The molecule has 7 nitrogen and oxygen atoms in total. The fraction of sp³-hybridized carbons (Fsp3) is 0.286. The zero-order valence-electron chi connectivity index (χ0n) is 8.93. The second-order valence-electron chi connectivity index (χ2n) is 3.13. The summed E-state index contributed by atoms with van der Waals surface area (Å²) >= 11 is 0. The number of alkyl halides is 3. The van der Waals surface area contributed by atoms with E-state index in [1.165, 1.54) is 0 Å². The topological polar surface area (TPSA) is 99.4 Å². The summed E-state index contributed by atoms with van der Waals surface area (Å²) in [6.07, 6.45) is -4.88. The van der Waals surface area contributed by atoms with Gasteiger partial charge in [-0.05, 0) is 6.92 Å². The number of hydrogen-bond acceptors (Lipinski definition) is 6. The molecule has 0 saturated heterocycles. The van der Waals surface area contributed by atoms with Gasteiger partial charge in [-0.15, -0.1) is 13.2 Å². The van der Waals surface area contributed by atoms with Gasteiger partial charge < -0.3 is 4.74 Å². The number of ether oxygens (including phenoxy) is 1. The Hall–Kier alpha value is -1.62. The van der Waals surface area contributed by atoms with Crippen molar-refractivity contribution in [3.05, 3.63) is 22.0 Å². The average Bonchev–Trinajstić information content (AvgIpc) is 2.11. The number of nitro groups is 1. The highest BCUT2D eigenvalue weighted by Gasteiger charge is 2.39. The number of halogens is 4. The number of rotatable bonds is 3. The van der Waals surface area contributed by atoms with Crippen molar-refractivity contribution in [1.82, 2.24) is 4.98 Å². The third kappa shape index (κ3) is 3.67. The largest absolute Gasteiger partial charge is 0.573 e. The molecule has 12 heteroatoms. The molecule has 0 aliphatic carbocycles. The lowest BCUT2D eigenvalue weighted by Crippen LogP contribution is -2.20. The maximum Gasteiger partial charge on any atom is 0.573 e. The maximum atomic E-state index is 12.2. The van der Waals surface area contributed by atoms with Crippen LogP contribution in [-0.2, 0) is 9.05 Å². The Morgan fingerprint density at radius 3 is 2.37 bits per heavy atom. The fourth-order valence-electron chi connectivity index (χ4n) is 1.19. The summed E-state index contributed by atoms with van der Waals surface area (Å²) in [6.45, 7) is 1.02. The van der Waals surface area contributed by atoms with Crippen LogP contribution in [0.4, 0.5) is 18.9 Å². The van der Waals surface area contributed by atoms with Crippen molar-refractivity contribution in [1.29, 1.82) is 0 Å². The van der Waals surface area contributed by atoms with E-state index in [-0.39, 0.29) is 0 Å². The highest BCUT2D eigenvalue weighted by atomic mass is 35.7. The van der Waals surface area contributed by atoms with E-state index in [9.17, 15) is 31.7 Å². The van der Waals surface area contributed by atoms with Crippen LogP contribution in [0.15, 0.2) is 11.1 Å². The van der Waals surface area contributed by atoms with Crippen LogP contribution < -0.4 is 4.74 Å². The van der Waals surface area contributed by atoms with Crippen molar-refractivity contribution in [3.63, 3.8) is 0 Å². The first-order valence-corrected chi connectivity index (χ1v) is 6.59. The lowest BCUT2D eigenvalue weighted by molar-refractivity contribution is -0.389. The Labute approximate surface area is 108 Å². The predicted octanol–water partition coefficient (Wildman–Crippen LogP) is 2.12. The highest BCUT2D eigenvalue weighted by molar-refractivity contribution is 8.13. The van der Waals surface area contributed by atoms with E-state index in [4.69, 9.17) is 10.7 Å². The van der Waals surface area contributed by atoms with Gasteiger partial charge in [0.15, 0.2) is 4.90 Å². The Morgan fingerprint density at radius 2 is 2.00 bits per heavy atom. The van der Waals surface area contributed by atoms with Gasteiger partial charge in [0, 0.05) is 10.7 Å². The van der Waals surface area contributed by atoms with Crippen LogP contribution in [0.2, 0.25) is 0 Å². The normalized spacial score (nSPS) is 12.3. The first-order valence-electron chi connectivity index (χ1n) is 4.28. The zero-order chi connectivity index (χ0) is 15.0. The summed E-state index contributed by atoms with van der Waals surface area (Å²) in [7, 11) is 0.225. The quantitative estimate of drug-likeness (QED) is 0.480. The molecule has 0 N–H and O–H groups in total. The molecule has 0 aliphatic heterocycles. The summed E-state index contributed by atoms with van der Waals surface area (Å²) in [6, 6.07) is 0. The van der Waals surface area contributed by atoms with E-state index in [1.807, 2.05) is 0 Å². The molecule has 0 aliphatic rings. The zero-order valence-corrected chi connectivity index (χ0v) is 10.5. The first-order chi connectivity index (χ1) is 8.43. The van der Waals surface area contributed by atoms with Gasteiger partial charge in [-0.25, -0.2) is 8.42 Å². The molecule has 0 fully saturated rings. The summed E-state index contributed by atoms with van der Waals surface area (Å²) in [5.41, 5.74) is -1.72. The average molecular weight is 321 g/mol. The molecule has 0 atom stereocenters. The molecule has 19 heavy (non-hydrogen) atoms. The molecule has 1 aromatic rings. The number of hydrogen-bond donors (Lipinski definition) is 0. The minimum Gasteiger partial charge on any atom is -0.397 e. The molecule has 0 saturated carbocycles. The van der Waals surface area contributed by atoms with Gasteiger partial charge in [-0.1, -0.05) is 0 Å². The monoisotopic (exact) mass is 320 g/mol. The molecule has 1 heterocycles. The fourth-order valence-corrected chi connectivity index (χ4v) is 2.51. The van der Waals surface area contributed by atoms with Crippen LogP contribution in [0.1, 0.15) is 5.69 Å². The molecule has 0 amide bonds. The number of aromatic nitrogens is 1. The molecule has 0 radical (unpaired) electrons. The third-order valence-electron chi connectivity index (χ3n) is 1.81. The van der Waals surface area contributed by atoms with Gasteiger partial charge in [0.1, 0.15) is 6.20 Å². The Kier molecular flexibility index (Phi) is 3.91. The van der Waals surface area contributed by atoms with Gasteiger partial charge in [0.05, 0.1) is 10.6 Å². The standard InChI is InChI=1S/C7H4ClF3N2O5S/c1-3-6(19(8,16)17)5(18-7(9,10)11)4(2-12-3)13(14)15/h2H,1H3. The summed E-state index contributed by atoms with van der Waals surface area (Å²) < 4.78 is 62.3. The lowest BCUT2D eigenvalue weighted by atomic mass is 10.3. The molecule has 0 unspecified atom stereocenters. The minimum atomic E-state index is -5.32. The Bertz CT molecular complexity index is 630. The van der Waals surface area contributed by atoms with Gasteiger partial charge in [0.2, 0.25) is 5.75 Å². The van der Waals surface area contributed by atoms with E-state index >= 15 is 0 Å². The molecule has 106 valence electrons. The van der Waals surface area contributed by atoms with Crippen LogP contribution in [0.5, 0.6) is 5.75 Å². The molecule has 0 spiro atoms. The lowest BCUT2D eigenvalue weighted by Gasteiger charge is -2.12. The molecule has 1 aromatic heterocycles. The van der Waals surface area contributed by atoms with E-state index < -0.39 is 42.4 Å². The Morgan fingerprint density at radius 1 is 1.47 bits per heavy atom. The summed E-state index contributed by atoms with van der Waals surface area (Å²) in [4.78, 5) is 11.4. The second kappa shape index (κ2) is 4.81. The van der Waals surface area contributed by atoms with Crippen molar-refractivity contribution in [2.45, 2.75) is 18.2 Å². The van der Waals surface area contributed by atoms with E-state index in [0.29, 0.717) is 6.20 Å². The smallest absolute Gasteiger partial charge is 0.397 e. The van der Waals surface area contributed by atoms with Crippen molar-refractivity contribution >= 4 is 25.4 Å². The van der Waals surface area contributed by atoms with Crippen LogP contribution in [0.3, 0.4) is 0 Å². The van der Waals surface area contributed by atoms with Gasteiger partial charge in [-0.2, -0.15) is 0 Å². The summed E-state index contributed by atoms with van der Waals surface area (Å²) in [5.74, 6) is -1.51. The van der Waals surface area contributed by atoms with Crippen molar-refractivity contribution in [2.24, 2.45) is 0 Å². The second-order valence-corrected chi connectivity index (χ2v) is 5.63. The van der Waals surface area contributed by atoms with Gasteiger partial charge in [-0.3, -0.25) is 15.1 Å². The maximum absolute atomic E-state index is 12.2. The van der Waals surface area contributed by atoms with E-state index in [2.05, 4.69) is 9.72 Å². The third-order valence-corrected chi connectivity index (χ3v) is 3.24. The number of pyridine rings is 1. The minimum absolute atomic E-state index is 0.446. The van der Waals surface area contributed by atoms with Gasteiger partial charge >= 0.3 is 12.0 Å². The number of aryl methyl sites for hydroxylation is 1. The van der Waals surface area contributed by atoms with Crippen molar-refractivity contribution < 1.29 is 31.2 Å². The summed E-state index contributed by atoms with van der Waals surface area (Å²) in [5, 5.41) is 10.6. The predicted molar refractivity (Wildman–Crippen MR) is 55.4 cm³/mol.